The molecule has 0 aromatic rings. The SMILES string of the molecule is CCC[O-].CCC[O-].CCOC(=O)CC(O)(CC(=O)OCC)C(=O)[O-].CCOC(=O)CC(O)(CC(=O)OCC)C(=O)[O-].[Zr+4]. The van der Waals surface area contributed by atoms with Crippen LogP contribution >= 0.6 is 0 Å². The Balaban J connectivity index is -0.000000175. The van der Waals surface area contributed by atoms with Crippen molar-refractivity contribution in [1.29, 1.82) is 0 Å². The number of esters is 4. The molecule has 0 spiro atoms. The first-order chi connectivity index (χ1) is 19.5. The van der Waals surface area contributed by atoms with Crippen molar-refractivity contribution in [3.8, 4) is 0 Å². The monoisotopic (exact) mass is 702 g/mol. The predicted molar refractivity (Wildman–Crippen MR) is 135 cm³/mol. The van der Waals surface area contributed by atoms with E-state index < -0.39 is 72.7 Å². The molecule has 0 aromatic carbocycles. The Bertz CT molecular complexity index is 679. The van der Waals surface area contributed by atoms with Gasteiger partial charge < -0.3 is 59.2 Å². The van der Waals surface area contributed by atoms with Crippen molar-refractivity contribution in [3.05, 3.63) is 0 Å². The second-order valence-corrected chi connectivity index (χ2v) is 7.97. The van der Waals surface area contributed by atoms with Crippen LogP contribution in [0.3, 0.4) is 0 Å². The zero-order chi connectivity index (χ0) is 33.8. The molecule has 0 amide bonds. The predicted octanol–water partition coefficient (Wildman–Crippen LogP) is -3.74. The number of aliphatic carboxylic acids is 2. The first-order valence-corrected chi connectivity index (χ1v) is 13.2. The van der Waals surface area contributed by atoms with Crippen LogP contribution in [0.1, 0.15) is 80.1 Å². The summed E-state index contributed by atoms with van der Waals surface area (Å²) < 4.78 is 17.9. The van der Waals surface area contributed by atoms with E-state index in [1.54, 1.807) is 0 Å². The summed E-state index contributed by atoms with van der Waals surface area (Å²) >= 11 is 0. The van der Waals surface area contributed by atoms with E-state index in [-0.39, 0.29) is 65.8 Å². The summed E-state index contributed by atoms with van der Waals surface area (Å²) in [7, 11) is 0. The second kappa shape index (κ2) is 31.0. The van der Waals surface area contributed by atoms with Crippen molar-refractivity contribution in [2.24, 2.45) is 0 Å². The van der Waals surface area contributed by atoms with Gasteiger partial charge in [-0.05, 0) is 27.7 Å². The van der Waals surface area contributed by atoms with E-state index in [4.69, 9.17) is 0 Å². The Morgan fingerprint density at radius 2 is 0.674 bits per heavy atom. The molecular weight excluding hydrogens is 659 g/mol. The van der Waals surface area contributed by atoms with Crippen molar-refractivity contribution < 1.29 is 105 Å². The topological polar surface area (TPSA) is 272 Å². The van der Waals surface area contributed by atoms with Gasteiger partial charge in [0.05, 0.1) is 64.0 Å². The van der Waals surface area contributed by atoms with E-state index >= 15 is 0 Å². The van der Waals surface area contributed by atoms with Crippen molar-refractivity contribution in [1.82, 2.24) is 0 Å². The number of ether oxygens (including phenoxy) is 4. The summed E-state index contributed by atoms with van der Waals surface area (Å²) in [6, 6.07) is 0. The zero-order valence-electron chi connectivity index (χ0n) is 25.6. The van der Waals surface area contributed by atoms with Gasteiger partial charge in [-0.25, -0.2) is 0 Å². The fourth-order valence-corrected chi connectivity index (χ4v) is 2.22. The average Bonchev–Trinajstić information content (AvgIpc) is 2.89. The van der Waals surface area contributed by atoms with Gasteiger partial charge >= 0.3 is 50.1 Å². The zero-order valence-corrected chi connectivity index (χ0v) is 28.1. The maximum absolute atomic E-state index is 11.1. The van der Waals surface area contributed by atoms with E-state index in [1.807, 2.05) is 13.8 Å². The van der Waals surface area contributed by atoms with Gasteiger partial charge in [0.25, 0.3) is 0 Å². The van der Waals surface area contributed by atoms with E-state index in [0.29, 0.717) is 0 Å². The fourth-order valence-electron chi connectivity index (χ4n) is 2.22. The van der Waals surface area contributed by atoms with Crippen molar-refractivity contribution in [2.45, 2.75) is 91.3 Å². The van der Waals surface area contributed by atoms with Crippen LogP contribution in [0.15, 0.2) is 0 Å². The Morgan fingerprint density at radius 3 is 0.767 bits per heavy atom. The molecule has 0 bridgehead atoms. The molecule has 0 aromatic heterocycles. The van der Waals surface area contributed by atoms with Gasteiger partial charge in [-0.2, -0.15) is 0 Å². The summed E-state index contributed by atoms with van der Waals surface area (Å²) in [6.07, 6.45) is -1.91. The smallest absolute Gasteiger partial charge is 0.854 e. The van der Waals surface area contributed by atoms with Crippen LogP contribution in [0.2, 0.25) is 0 Å². The summed E-state index contributed by atoms with van der Waals surface area (Å²) in [5, 5.41) is 59.3. The standard InChI is InChI=1S/2C10H16O7.2C3H7O.Zr/c2*1-3-16-7(11)5-10(15,9(13)14)6-8(12)17-4-2;2*1-2-3-4;/h2*15H,3-6H2,1-2H3,(H,13,14);2*2-3H2,1H3;/q;;2*-1;+4/p-2. The molecule has 0 saturated heterocycles. The first kappa shape index (κ1) is 50.2. The third-order valence-electron chi connectivity index (χ3n) is 4.14. The molecule has 0 atom stereocenters. The van der Waals surface area contributed by atoms with Gasteiger partial charge in [0, 0.05) is 0 Å². The third-order valence-corrected chi connectivity index (χ3v) is 4.14. The number of carbonyl (C=O) groups is 6. The van der Waals surface area contributed by atoms with E-state index in [1.165, 1.54) is 27.7 Å². The molecule has 0 radical (unpaired) electrons. The third kappa shape index (κ3) is 29.4. The number of carboxylic acids is 2. The molecule has 248 valence electrons. The number of hydrogen-bond donors (Lipinski definition) is 2. The molecule has 17 heteroatoms. The van der Waals surface area contributed by atoms with Crippen molar-refractivity contribution >= 4 is 35.8 Å². The molecule has 0 aliphatic rings. The molecule has 43 heavy (non-hydrogen) atoms. The number of rotatable bonds is 16. The quantitative estimate of drug-likeness (QED) is 0.115. The van der Waals surface area contributed by atoms with Crippen LogP contribution in [-0.2, 0) is 73.9 Å². The molecule has 0 fully saturated rings. The van der Waals surface area contributed by atoms with Gasteiger partial charge in [-0.15, -0.1) is 13.2 Å². The molecule has 0 unspecified atom stereocenters. The summed E-state index contributed by atoms with van der Waals surface area (Å²) in [6.45, 7) is 10.2. The van der Waals surface area contributed by atoms with Gasteiger partial charge in [-0.1, -0.05) is 26.7 Å². The molecule has 0 rings (SSSR count). The Labute approximate surface area is 270 Å². The van der Waals surface area contributed by atoms with Gasteiger partial charge in [0.2, 0.25) is 0 Å². The van der Waals surface area contributed by atoms with E-state index in [9.17, 15) is 59.4 Å². The summed E-state index contributed by atoms with van der Waals surface area (Å²) in [4.78, 5) is 65.8. The molecule has 16 nitrogen and oxygen atoms in total. The molecule has 2 N–H and O–H groups in total. The minimum Gasteiger partial charge on any atom is -0.854 e. The van der Waals surface area contributed by atoms with Crippen LogP contribution in [0, 0.1) is 0 Å². The fraction of sp³-hybridized carbons (Fsp3) is 0.769. The van der Waals surface area contributed by atoms with Crippen LogP contribution in [0.5, 0.6) is 0 Å². The molecule has 0 aliphatic heterocycles. The van der Waals surface area contributed by atoms with Gasteiger partial charge in [0.15, 0.2) is 0 Å². The Hall–Kier alpha value is -2.46. The number of carbonyl (C=O) groups excluding carboxylic acids is 6. The van der Waals surface area contributed by atoms with Crippen molar-refractivity contribution in [2.75, 3.05) is 39.6 Å². The van der Waals surface area contributed by atoms with Crippen LogP contribution in [0.25, 0.3) is 0 Å². The summed E-state index contributed by atoms with van der Waals surface area (Å²) in [5.41, 5.74) is -5.20. The largest absolute Gasteiger partial charge is 4.00 e. The maximum Gasteiger partial charge on any atom is 4.00 e. The molecule has 0 aliphatic carbocycles. The Morgan fingerprint density at radius 1 is 0.512 bits per heavy atom. The minimum atomic E-state index is -2.60. The normalized spacial score (nSPS) is 9.91. The minimum absolute atomic E-state index is 0. The van der Waals surface area contributed by atoms with E-state index in [2.05, 4.69) is 18.9 Å². The summed E-state index contributed by atoms with van der Waals surface area (Å²) in [5.74, 6) is -7.55. The van der Waals surface area contributed by atoms with Crippen LogP contribution < -0.4 is 20.4 Å². The van der Waals surface area contributed by atoms with Crippen LogP contribution in [-0.4, -0.2) is 96.9 Å². The number of carboxylic acid groups (broad SMARTS) is 2. The van der Waals surface area contributed by atoms with Gasteiger partial charge in [-0.3, -0.25) is 19.2 Å². The molecular formula is C26H44O16Zr. The van der Waals surface area contributed by atoms with E-state index in [0.717, 1.165) is 12.8 Å². The van der Waals surface area contributed by atoms with Gasteiger partial charge in [0.1, 0.15) is 11.2 Å². The van der Waals surface area contributed by atoms with Crippen LogP contribution in [0.4, 0.5) is 0 Å². The number of hydrogen-bond acceptors (Lipinski definition) is 16. The number of aliphatic hydroxyl groups is 2. The molecule has 0 heterocycles. The molecule has 0 saturated carbocycles. The maximum atomic E-state index is 11.1. The average molecular weight is 704 g/mol. The van der Waals surface area contributed by atoms with Crippen molar-refractivity contribution in [3.63, 3.8) is 0 Å². The first-order valence-electron chi connectivity index (χ1n) is 13.2. The Kier molecular flexibility index (Phi) is 36.2. The second-order valence-electron chi connectivity index (χ2n) is 7.97.